The number of benzene rings is 2. The van der Waals surface area contributed by atoms with Crippen molar-refractivity contribution in [3.63, 3.8) is 0 Å². The van der Waals surface area contributed by atoms with Gasteiger partial charge in [-0.15, -0.1) is 0 Å². The lowest BCUT2D eigenvalue weighted by Gasteiger charge is -2.44. The number of ether oxygens (including phenoxy) is 1. The summed E-state index contributed by atoms with van der Waals surface area (Å²) in [5, 5.41) is 1.66. The average molecular weight is 447 g/mol. The fourth-order valence-corrected chi connectivity index (χ4v) is 4.89. The van der Waals surface area contributed by atoms with Gasteiger partial charge in [0.2, 0.25) is 0 Å². The number of aromatic amines is 1. The van der Waals surface area contributed by atoms with Gasteiger partial charge in [0.15, 0.2) is 0 Å². The molecule has 0 radical (unpaired) electrons. The summed E-state index contributed by atoms with van der Waals surface area (Å²) < 4.78 is 33.0. The summed E-state index contributed by atoms with van der Waals surface area (Å²) in [6, 6.07) is 10.8. The molecule has 1 aliphatic carbocycles. The van der Waals surface area contributed by atoms with E-state index >= 15 is 0 Å². The Morgan fingerprint density at radius 2 is 1.90 bits per heavy atom. The van der Waals surface area contributed by atoms with E-state index in [2.05, 4.69) is 4.98 Å². The molecule has 1 aliphatic rings. The van der Waals surface area contributed by atoms with Crippen molar-refractivity contribution in [3.8, 4) is 5.75 Å². The number of nitrogens with one attached hydrogen (secondary N) is 1. The Bertz CT molecular complexity index is 1110. The zero-order valence-electron chi connectivity index (χ0n) is 17.0. The lowest BCUT2D eigenvalue weighted by molar-refractivity contribution is 0.138. The zero-order valence-corrected chi connectivity index (χ0v) is 17.8. The minimum atomic E-state index is -0.632. The van der Waals surface area contributed by atoms with Gasteiger partial charge >= 0.3 is 0 Å². The molecule has 1 fully saturated rings. The Morgan fingerprint density at radius 3 is 2.58 bits per heavy atom. The predicted octanol–water partition coefficient (Wildman–Crippen LogP) is 5.12. The number of H-pyrrole nitrogens is 1. The van der Waals surface area contributed by atoms with Gasteiger partial charge in [-0.25, -0.2) is 8.78 Å². The first kappa shape index (κ1) is 21.8. The highest BCUT2D eigenvalue weighted by Crippen LogP contribution is 2.44. The Kier molecular flexibility index (Phi) is 6.30. The highest BCUT2D eigenvalue weighted by Gasteiger charge is 2.42. The highest BCUT2D eigenvalue weighted by molar-refractivity contribution is 6.32. The second-order valence-corrected chi connectivity index (χ2v) is 8.76. The van der Waals surface area contributed by atoms with Crippen LogP contribution >= 0.6 is 11.6 Å². The minimum Gasteiger partial charge on any atom is -0.492 e. The number of alkyl halides is 1. The lowest BCUT2D eigenvalue weighted by Crippen LogP contribution is -2.49. The van der Waals surface area contributed by atoms with Crippen LogP contribution in [-0.4, -0.2) is 24.3 Å². The molecule has 3 N–H and O–H groups in total. The normalized spacial score (nSPS) is 22.4. The number of aromatic nitrogens is 1. The molecule has 4 nitrogen and oxygen atoms in total. The molecule has 0 saturated heterocycles. The maximum atomic E-state index is 13.6. The third-order valence-corrected chi connectivity index (χ3v) is 6.89. The molecule has 3 aromatic rings. The van der Waals surface area contributed by atoms with Crippen LogP contribution in [0.5, 0.6) is 5.75 Å². The van der Waals surface area contributed by atoms with Crippen molar-refractivity contribution in [2.75, 3.05) is 13.3 Å². The van der Waals surface area contributed by atoms with Crippen LogP contribution in [0.3, 0.4) is 0 Å². The van der Waals surface area contributed by atoms with Crippen molar-refractivity contribution < 1.29 is 13.5 Å². The van der Waals surface area contributed by atoms with E-state index in [4.69, 9.17) is 22.1 Å². The first-order valence-electron chi connectivity index (χ1n) is 10.4. The second kappa shape index (κ2) is 8.97. The molecule has 2 aromatic carbocycles. The molecule has 1 heterocycles. The number of pyridine rings is 1. The van der Waals surface area contributed by atoms with Crippen LogP contribution in [0.1, 0.15) is 31.2 Å². The van der Waals surface area contributed by atoms with Crippen molar-refractivity contribution >= 4 is 22.4 Å². The van der Waals surface area contributed by atoms with E-state index in [9.17, 15) is 13.6 Å². The molecule has 1 atom stereocenters. The third kappa shape index (κ3) is 4.32. The number of hydrogen-bond acceptors (Lipinski definition) is 3. The summed E-state index contributed by atoms with van der Waals surface area (Å²) >= 11 is 6.32. The van der Waals surface area contributed by atoms with Crippen LogP contribution in [0.2, 0.25) is 5.02 Å². The number of nitrogens with two attached hydrogens (primary N) is 1. The molecule has 164 valence electrons. The van der Waals surface area contributed by atoms with E-state index < -0.39 is 18.1 Å². The van der Waals surface area contributed by atoms with Crippen LogP contribution in [-0.2, 0) is 5.41 Å². The highest BCUT2D eigenvalue weighted by atomic mass is 35.5. The third-order valence-electron chi connectivity index (χ3n) is 6.59. The Labute approximate surface area is 184 Å². The van der Waals surface area contributed by atoms with E-state index in [0.29, 0.717) is 35.6 Å². The number of fused-ring (bicyclic) bond motifs is 1. The van der Waals surface area contributed by atoms with Gasteiger partial charge in [-0.3, -0.25) is 4.79 Å². The van der Waals surface area contributed by atoms with Crippen molar-refractivity contribution in [2.24, 2.45) is 11.7 Å². The predicted molar refractivity (Wildman–Crippen MR) is 119 cm³/mol. The van der Waals surface area contributed by atoms with E-state index in [0.717, 1.165) is 23.8 Å². The largest absolute Gasteiger partial charge is 0.492 e. The summed E-state index contributed by atoms with van der Waals surface area (Å²) in [7, 11) is 0. The van der Waals surface area contributed by atoms with E-state index in [1.54, 1.807) is 36.5 Å². The molecule has 7 heteroatoms. The molecule has 0 aliphatic heterocycles. The molecule has 4 rings (SSSR count). The molecule has 0 bridgehead atoms. The van der Waals surface area contributed by atoms with Gasteiger partial charge in [-0.1, -0.05) is 23.7 Å². The molecule has 1 aromatic heterocycles. The van der Waals surface area contributed by atoms with Crippen LogP contribution in [0.15, 0.2) is 53.5 Å². The standard InChI is InChI=1S/C24H25ClF2N2O2/c25-20-12-19-16(7-10-29-23(19)30)11-21(20)31-14-15-5-8-24(9-6-15,22(28)13-26)17-1-3-18(27)4-2-17/h1-4,7,10-12,15,22H,5-6,8-9,13-14,28H2,(H,29,30). The Morgan fingerprint density at radius 1 is 1.19 bits per heavy atom. The van der Waals surface area contributed by atoms with Gasteiger partial charge < -0.3 is 15.5 Å². The topological polar surface area (TPSA) is 68.1 Å². The SMILES string of the molecule is NC(CF)C1(c2ccc(F)cc2)CCC(COc2cc3cc[nH]c(=O)c3cc2Cl)CC1. The second-order valence-electron chi connectivity index (χ2n) is 8.35. The van der Waals surface area contributed by atoms with E-state index in [1.165, 1.54) is 12.1 Å². The first-order valence-corrected chi connectivity index (χ1v) is 10.8. The summed E-state index contributed by atoms with van der Waals surface area (Å²) in [6.07, 6.45) is 4.63. The van der Waals surface area contributed by atoms with Crippen LogP contribution in [0, 0.1) is 11.7 Å². The Hall–Kier alpha value is -2.44. The van der Waals surface area contributed by atoms with Gasteiger partial charge in [0.25, 0.3) is 5.56 Å². The monoisotopic (exact) mass is 446 g/mol. The fourth-order valence-electron chi connectivity index (χ4n) is 4.67. The quantitative estimate of drug-likeness (QED) is 0.552. The van der Waals surface area contributed by atoms with Gasteiger partial charge in [-0.2, -0.15) is 0 Å². The van der Waals surface area contributed by atoms with Gasteiger partial charge in [0.05, 0.1) is 11.6 Å². The van der Waals surface area contributed by atoms with Crippen LogP contribution in [0.25, 0.3) is 10.8 Å². The molecule has 0 amide bonds. The Balaban J connectivity index is 1.46. The summed E-state index contributed by atoms with van der Waals surface area (Å²) in [6.45, 7) is -0.150. The van der Waals surface area contributed by atoms with Crippen molar-refractivity contribution in [3.05, 3.63) is 75.4 Å². The van der Waals surface area contributed by atoms with E-state index in [1.807, 2.05) is 0 Å². The lowest BCUT2D eigenvalue weighted by atomic mass is 9.63. The molecule has 1 unspecified atom stereocenters. The smallest absolute Gasteiger partial charge is 0.255 e. The number of rotatable bonds is 6. The van der Waals surface area contributed by atoms with Gasteiger partial charge in [0, 0.05) is 23.0 Å². The summed E-state index contributed by atoms with van der Waals surface area (Å²) in [5.41, 5.74) is 6.40. The maximum Gasteiger partial charge on any atom is 0.255 e. The summed E-state index contributed by atoms with van der Waals surface area (Å²) in [5.74, 6) is 0.492. The average Bonchev–Trinajstić information content (AvgIpc) is 2.79. The van der Waals surface area contributed by atoms with Gasteiger partial charge in [0.1, 0.15) is 18.2 Å². The molecular weight excluding hydrogens is 422 g/mol. The fraction of sp³-hybridized carbons (Fsp3) is 0.375. The molecule has 0 spiro atoms. The summed E-state index contributed by atoms with van der Waals surface area (Å²) in [4.78, 5) is 14.5. The molecule has 1 saturated carbocycles. The van der Waals surface area contributed by atoms with Crippen molar-refractivity contribution in [1.82, 2.24) is 4.98 Å². The van der Waals surface area contributed by atoms with Crippen LogP contribution in [0.4, 0.5) is 8.78 Å². The minimum absolute atomic E-state index is 0.195. The molecule has 31 heavy (non-hydrogen) atoms. The van der Waals surface area contributed by atoms with Crippen molar-refractivity contribution in [1.29, 1.82) is 0 Å². The molecular formula is C24H25ClF2N2O2. The maximum absolute atomic E-state index is 13.6. The van der Waals surface area contributed by atoms with Crippen LogP contribution < -0.4 is 16.0 Å². The zero-order chi connectivity index (χ0) is 22.0. The van der Waals surface area contributed by atoms with Crippen molar-refractivity contribution in [2.45, 2.75) is 37.1 Å². The first-order chi connectivity index (χ1) is 14.9. The van der Waals surface area contributed by atoms with Gasteiger partial charge in [-0.05, 0) is 72.9 Å². The van der Waals surface area contributed by atoms with E-state index in [-0.39, 0.29) is 17.3 Å². The number of halogens is 3. The number of hydrogen-bond donors (Lipinski definition) is 2.